The van der Waals surface area contributed by atoms with Crippen LogP contribution in [0.2, 0.25) is 0 Å². The van der Waals surface area contributed by atoms with Gasteiger partial charge in [0.25, 0.3) is 5.91 Å². The molecular weight excluding hydrogens is 372 g/mol. The van der Waals surface area contributed by atoms with Gasteiger partial charge in [-0.2, -0.15) is 0 Å². The van der Waals surface area contributed by atoms with E-state index in [4.69, 9.17) is 4.42 Å². The monoisotopic (exact) mass is 392 g/mol. The van der Waals surface area contributed by atoms with E-state index in [9.17, 15) is 9.59 Å². The van der Waals surface area contributed by atoms with Crippen LogP contribution < -0.4 is 10.2 Å². The summed E-state index contributed by atoms with van der Waals surface area (Å²) in [4.78, 5) is 35.5. The number of benzene rings is 1. The predicted octanol–water partition coefficient (Wildman–Crippen LogP) is 1.72. The summed E-state index contributed by atoms with van der Waals surface area (Å²) >= 11 is 0. The number of anilines is 1. The van der Waals surface area contributed by atoms with Crippen LogP contribution in [0.4, 0.5) is 5.82 Å². The minimum Gasteiger partial charge on any atom is -0.417 e. The number of hydrogen-bond donors (Lipinski definition) is 1. The molecule has 29 heavy (non-hydrogen) atoms. The zero-order valence-electron chi connectivity index (χ0n) is 16.1. The zero-order chi connectivity index (χ0) is 20.4. The Morgan fingerprint density at radius 3 is 2.76 bits per heavy atom. The quantitative estimate of drug-likeness (QED) is 0.719. The Labute approximate surface area is 167 Å². The van der Waals surface area contributed by atoms with Crippen LogP contribution in [-0.4, -0.2) is 45.1 Å². The molecule has 1 unspecified atom stereocenters. The Balaban J connectivity index is 1.48. The first-order valence-electron chi connectivity index (χ1n) is 9.28. The van der Waals surface area contributed by atoms with Crippen LogP contribution in [0.25, 0.3) is 0 Å². The van der Waals surface area contributed by atoms with Gasteiger partial charge < -0.3 is 9.73 Å². The van der Waals surface area contributed by atoms with Gasteiger partial charge in [-0.25, -0.2) is 4.98 Å². The molecule has 0 bridgehead atoms. The van der Waals surface area contributed by atoms with E-state index in [1.807, 2.05) is 37.3 Å². The van der Waals surface area contributed by atoms with E-state index in [1.165, 1.54) is 4.90 Å². The van der Waals surface area contributed by atoms with Gasteiger partial charge in [-0.05, 0) is 12.0 Å². The van der Waals surface area contributed by atoms with Crippen LogP contribution in [0.5, 0.6) is 0 Å². The first kappa shape index (κ1) is 18.7. The molecule has 4 rings (SSSR count). The smallest absolute Gasteiger partial charge is 0.309 e. The summed E-state index contributed by atoms with van der Waals surface area (Å²) in [5, 5.41) is 10.5. The van der Waals surface area contributed by atoms with E-state index in [2.05, 4.69) is 25.5 Å². The number of amides is 2. The molecule has 2 aromatic heterocycles. The number of nitrogens with zero attached hydrogens (tertiary/aromatic N) is 5. The minimum atomic E-state index is -0.747. The number of fused-ring (bicyclic) bond motifs is 1. The van der Waals surface area contributed by atoms with Crippen molar-refractivity contribution in [2.45, 2.75) is 31.7 Å². The number of likely N-dealkylation sites (N-methyl/N-ethyl adjacent to an activating group) is 1. The normalized spacial score (nSPS) is 18.8. The first-order chi connectivity index (χ1) is 14.0. The lowest BCUT2D eigenvalue weighted by atomic mass is 9.99. The molecule has 2 atom stereocenters. The lowest BCUT2D eigenvalue weighted by Gasteiger charge is -2.20. The maximum absolute atomic E-state index is 12.8. The maximum Gasteiger partial charge on any atom is 0.309 e. The van der Waals surface area contributed by atoms with Crippen LogP contribution in [0.15, 0.2) is 47.1 Å². The Bertz CT molecular complexity index is 1040. The highest BCUT2D eigenvalue weighted by atomic mass is 16.4. The summed E-state index contributed by atoms with van der Waals surface area (Å²) in [5.74, 6) is -0.244. The second-order valence-electron chi connectivity index (χ2n) is 6.99. The maximum atomic E-state index is 12.8. The molecule has 9 heteroatoms. The summed E-state index contributed by atoms with van der Waals surface area (Å²) in [6, 6.07) is 8.87. The molecule has 0 spiro atoms. The third-order valence-electron chi connectivity index (χ3n) is 4.87. The van der Waals surface area contributed by atoms with Crippen LogP contribution in [0.3, 0.4) is 0 Å². The summed E-state index contributed by atoms with van der Waals surface area (Å²) < 4.78 is 5.49. The van der Waals surface area contributed by atoms with Crippen molar-refractivity contribution in [1.82, 2.24) is 25.5 Å². The molecule has 2 amide bonds. The average Bonchev–Trinajstić information content (AvgIpc) is 3.18. The van der Waals surface area contributed by atoms with Gasteiger partial charge in [0.1, 0.15) is 6.04 Å². The van der Waals surface area contributed by atoms with Gasteiger partial charge in [0.2, 0.25) is 5.89 Å². The van der Waals surface area contributed by atoms with Gasteiger partial charge >= 0.3 is 11.8 Å². The number of nitrogens with one attached hydrogen (secondary N) is 1. The topological polar surface area (TPSA) is 114 Å². The number of carbonyl (C=O) groups excluding carboxylic acids is 2. The number of aromatic nitrogens is 4. The zero-order valence-corrected chi connectivity index (χ0v) is 16.1. The van der Waals surface area contributed by atoms with Crippen LogP contribution in [-0.2, 0) is 11.2 Å². The number of rotatable bonds is 4. The largest absolute Gasteiger partial charge is 0.417 e. The van der Waals surface area contributed by atoms with Crippen molar-refractivity contribution in [3.05, 3.63) is 65.8 Å². The molecule has 1 aliphatic rings. The second kappa shape index (κ2) is 7.78. The molecule has 3 heterocycles. The SMILES string of the molecule is CC1C[C@H](NC(=O)c2nnc(Cc3ccccc3)o2)C(=O)N(C)c2nccnc21. The van der Waals surface area contributed by atoms with Crippen molar-refractivity contribution in [1.29, 1.82) is 0 Å². The minimum absolute atomic E-state index is 0.0609. The Kier molecular flexibility index (Phi) is 5.03. The van der Waals surface area contributed by atoms with E-state index in [0.29, 0.717) is 24.6 Å². The fraction of sp³-hybridized carbons (Fsp3) is 0.300. The summed E-state index contributed by atoms with van der Waals surface area (Å²) in [7, 11) is 1.62. The molecule has 0 radical (unpaired) electrons. The summed E-state index contributed by atoms with van der Waals surface area (Å²) in [6.07, 6.45) is 3.96. The van der Waals surface area contributed by atoms with Crippen LogP contribution in [0.1, 0.15) is 47.1 Å². The van der Waals surface area contributed by atoms with Crippen LogP contribution >= 0.6 is 0 Å². The molecule has 148 valence electrons. The van der Waals surface area contributed by atoms with Crippen molar-refractivity contribution in [3.63, 3.8) is 0 Å². The lowest BCUT2D eigenvalue weighted by Crippen LogP contribution is -2.47. The predicted molar refractivity (Wildman–Crippen MR) is 103 cm³/mol. The molecular formula is C20H20N6O3. The second-order valence-corrected chi connectivity index (χ2v) is 6.99. The van der Waals surface area contributed by atoms with Crippen molar-refractivity contribution in [3.8, 4) is 0 Å². The van der Waals surface area contributed by atoms with E-state index in [-0.39, 0.29) is 17.7 Å². The summed E-state index contributed by atoms with van der Waals surface area (Å²) in [6.45, 7) is 1.95. The highest BCUT2D eigenvalue weighted by Gasteiger charge is 2.35. The van der Waals surface area contributed by atoms with Gasteiger partial charge in [0, 0.05) is 25.4 Å². The average molecular weight is 392 g/mol. The van der Waals surface area contributed by atoms with Crippen molar-refractivity contribution in [2.24, 2.45) is 0 Å². The third-order valence-corrected chi connectivity index (χ3v) is 4.87. The Hall–Kier alpha value is -3.62. The van der Waals surface area contributed by atoms with Crippen molar-refractivity contribution < 1.29 is 14.0 Å². The number of hydrogen-bond acceptors (Lipinski definition) is 7. The summed E-state index contributed by atoms with van der Waals surface area (Å²) in [5.41, 5.74) is 1.72. The molecule has 3 aromatic rings. The van der Waals surface area contributed by atoms with Gasteiger partial charge in [0.05, 0.1) is 12.1 Å². The van der Waals surface area contributed by atoms with Gasteiger partial charge in [-0.1, -0.05) is 37.3 Å². The molecule has 9 nitrogen and oxygen atoms in total. The van der Waals surface area contributed by atoms with E-state index in [0.717, 1.165) is 11.3 Å². The molecule has 1 aromatic carbocycles. The lowest BCUT2D eigenvalue weighted by molar-refractivity contribution is -0.120. The van der Waals surface area contributed by atoms with Gasteiger partial charge in [-0.15, -0.1) is 10.2 Å². The Morgan fingerprint density at radius 2 is 1.97 bits per heavy atom. The highest BCUT2D eigenvalue weighted by molar-refractivity contribution is 6.01. The molecule has 0 fully saturated rings. The highest BCUT2D eigenvalue weighted by Crippen LogP contribution is 2.30. The van der Waals surface area contributed by atoms with E-state index < -0.39 is 11.9 Å². The molecule has 0 aliphatic carbocycles. The molecule has 0 saturated carbocycles. The standard InChI is InChI=1S/C20H20N6O3/c1-12-10-14(20(28)26(2)17-16(12)21-8-9-22-17)23-18(27)19-25-24-15(29-19)11-13-6-4-3-5-7-13/h3-9,12,14H,10-11H2,1-2H3,(H,23,27)/t12?,14-/m0/s1. The molecule has 1 aliphatic heterocycles. The molecule has 1 N–H and O–H groups in total. The number of carbonyl (C=O) groups is 2. The Morgan fingerprint density at radius 1 is 1.21 bits per heavy atom. The fourth-order valence-corrected chi connectivity index (χ4v) is 3.38. The van der Waals surface area contributed by atoms with E-state index >= 15 is 0 Å². The van der Waals surface area contributed by atoms with Gasteiger partial charge in [0.15, 0.2) is 5.82 Å². The fourth-order valence-electron chi connectivity index (χ4n) is 3.38. The molecule has 0 saturated heterocycles. The third kappa shape index (κ3) is 3.84. The first-order valence-corrected chi connectivity index (χ1v) is 9.28. The van der Waals surface area contributed by atoms with Crippen molar-refractivity contribution >= 4 is 17.6 Å². The van der Waals surface area contributed by atoms with Gasteiger partial charge in [-0.3, -0.25) is 19.5 Å². The van der Waals surface area contributed by atoms with Crippen LogP contribution in [0, 0.1) is 0 Å². The van der Waals surface area contributed by atoms with E-state index in [1.54, 1.807) is 19.4 Å². The van der Waals surface area contributed by atoms with Crippen molar-refractivity contribution in [2.75, 3.05) is 11.9 Å².